The molecule has 3 rings (SSSR count). The zero-order valence-electron chi connectivity index (χ0n) is 14.9. The average molecular weight is 352 g/mol. The molecule has 2 N–H and O–H groups in total. The number of carbonyl (C=O) groups is 1. The van der Waals surface area contributed by atoms with Gasteiger partial charge in [0, 0.05) is 29.8 Å². The summed E-state index contributed by atoms with van der Waals surface area (Å²) in [4.78, 5) is 24.7. The van der Waals surface area contributed by atoms with E-state index in [0.29, 0.717) is 24.1 Å². The Morgan fingerprint density at radius 2 is 1.73 bits per heavy atom. The van der Waals surface area contributed by atoms with Gasteiger partial charge in [-0.25, -0.2) is 9.97 Å². The molecule has 3 aromatic rings. The first kappa shape index (κ1) is 17.5. The first-order chi connectivity index (χ1) is 12.5. The molecule has 0 unspecified atom stereocenters. The van der Waals surface area contributed by atoms with Gasteiger partial charge in [-0.3, -0.25) is 15.6 Å². The molecule has 1 amide bonds. The molecule has 0 bridgehead atoms. The molecule has 0 aliphatic carbocycles. The standard InChI is InChI=1S/C18H20N6O2/c1-11-4-6-14(7-5-11)17-21-16(26-24-17)9-8-15(25)22-23-18-19-12(2)10-13(3)20-18/h4-7,10H,8-9H2,1-3H3,(H,22,25)(H,19,20,23). The predicted octanol–water partition coefficient (Wildman–Crippen LogP) is 2.53. The summed E-state index contributed by atoms with van der Waals surface area (Å²) < 4.78 is 5.21. The summed E-state index contributed by atoms with van der Waals surface area (Å²) in [6, 6.07) is 9.70. The minimum atomic E-state index is -0.220. The summed E-state index contributed by atoms with van der Waals surface area (Å²) in [6.07, 6.45) is 0.549. The number of hydrogen-bond donors (Lipinski definition) is 2. The van der Waals surface area contributed by atoms with Crippen molar-refractivity contribution in [2.24, 2.45) is 0 Å². The van der Waals surface area contributed by atoms with E-state index in [1.54, 1.807) is 0 Å². The fourth-order valence-electron chi connectivity index (χ4n) is 2.37. The first-order valence-electron chi connectivity index (χ1n) is 8.26. The Morgan fingerprint density at radius 3 is 2.42 bits per heavy atom. The highest BCUT2D eigenvalue weighted by Crippen LogP contribution is 2.16. The predicted molar refractivity (Wildman–Crippen MR) is 96.1 cm³/mol. The summed E-state index contributed by atoms with van der Waals surface area (Å²) in [5.41, 5.74) is 8.96. The van der Waals surface area contributed by atoms with Gasteiger partial charge in [0.1, 0.15) is 0 Å². The number of anilines is 1. The smallest absolute Gasteiger partial charge is 0.242 e. The van der Waals surface area contributed by atoms with Crippen molar-refractivity contribution in [3.8, 4) is 11.4 Å². The van der Waals surface area contributed by atoms with Gasteiger partial charge in [-0.15, -0.1) is 0 Å². The minimum absolute atomic E-state index is 0.202. The maximum atomic E-state index is 12.0. The largest absolute Gasteiger partial charge is 0.339 e. The van der Waals surface area contributed by atoms with Crippen molar-refractivity contribution >= 4 is 11.9 Å². The zero-order valence-corrected chi connectivity index (χ0v) is 14.9. The summed E-state index contributed by atoms with van der Waals surface area (Å²) in [7, 11) is 0. The van der Waals surface area contributed by atoms with Crippen LogP contribution in [0, 0.1) is 20.8 Å². The van der Waals surface area contributed by atoms with E-state index in [0.717, 1.165) is 22.5 Å². The maximum Gasteiger partial charge on any atom is 0.242 e. The van der Waals surface area contributed by atoms with Crippen molar-refractivity contribution in [3.05, 3.63) is 53.2 Å². The molecule has 8 heteroatoms. The van der Waals surface area contributed by atoms with Gasteiger partial charge in [-0.1, -0.05) is 35.0 Å². The van der Waals surface area contributed by atoms with Crippen LogP contribution in [0.1, 0.15) is 29.3 Å². The van der Waals surface area contributed by atoms with Crippen molar-refractivity contribution < 1.29 is 9.32 Å². The minimum Gasteiger partial charge on any atom is -0.339 e. The van der Waals surface area contributed by atoms with Crippen molar-refractivity contribution in [2.75, 3.05) is 5.43 Å². The molecule has 1 aromatic carbocycles. The number of nitrogens with zero attached hydrogens (tertiary/aromatic N) is 4. The van der Waals surface area contributed by atoms with E-state index in [4.69, 9.17) is 4.52 Å². The Kier molecular flexibility index (Phi) is 5.21. The molecule has 0 radical (unpaired) electrons. The number of hydrazine groups is 1. The third-order valence-electron chi connectivity index (χ3n) is 3.64. The third kappa shape index (κ3) is 4.62. The highest BCUT2D eigenvalue weighted by atomic mass is 16.5. The van der Waals surface area contributed by atoms with Crippen LogP contribution in [0.25, 0.3) is 11.4 Å². The number of carbonyl (C=O) groups excluding carboxylic acids is 1. The second kappa shape index (κ2) is 7.73. The Bertz CT molecular complexity index is 884. The normalized spacial score (nSPS) is 10.6. The first-order valence-corrected chi connectivity index (χ1v) is 8.26. The van der Waals surface area contributed by atoms with Crippen LogP contribution >= 0.6 is 0 Å². The topological polar surface area (TPSA) is 106 Å². The molecular formula is C18H20N6O2. The summed E-state index contributed by atoms with van der Waals surface area (Å²) >= 11 is 0. The van der Waals surface area contributed by atoms with Crippen LogP contribution in [-0.2, 0) is 11.2 Å². The lowest BCUT2D eigenvalue weighted by Crippen LogP contribution is -2.30. The number of amides is 1. The van der Waals surface area contributed by atoms with Gasteiger partial charge < -0.3 is 4.52 Å². The molecule has 0 spiro atoms. The van der Waals surface area contributed by atoms with Crippen LogP contribution in [0.15, 0.2) is 34.9 Å². The van der Waals surface area contributed by atoms with E-state index in [9.17, 15) is 4.79 Å². The van der Waals surface area contributed by atoms with E-state index in [1.807, 2.05) is 51.1 Å². The summed E-state index contributed by atoms with van der Waals surface area (Å²) in [5.74, 6) is 1.07. The molecule has 0 fully saturated rings. The van der Waals surface area contributed by atoms with Crippen molar-refractivity contribution in [1.29, 1.82) is 0 Å². The lowest BCUT2D eigenvalue weighted by Gasteiger charge is -2.07. The van der Waals surface area contributed by atoms with Gasteiger partial charge >= 0.3 is 0 Å². The molecule has 26 heavy (non-hydrogen) atoms. The molecule has 0 aliphatic rings. The number of aromatic nitrogens is 4. The van der Waals surface area contributed by atoms with Crippen LogP contribution in [0.5, 0.6) is 0 Å². The lowest BCUT2D eigenvalue weighted by atomic mass is 10.1. The molecule has 0 atom stereocenters. The Labute approximate surface area is 151 Å². The lowest BCUT2D eigenvalue weighted by molar-refractivity contribution is -0.120. The highest BCUT2D eigenvalue weighted by molar-refractivity contribution is 5.77. The van der Waals surface area contributed by atoms with Crippen molar-refractivity contribution in [1.82, 2.24) is 25.5 Å². The Hall–Kier alpha value is -3.29. The van der Waals surface area contributed by atoms with E-state index in [1.165, 1.54) is 0 Å². The van der Waals surface area contributed by atoms with Crippen LogP contribution in [0.4, 0.5) is 5.95 Å². The van der Waals surface area contributed by atoms with Crippen LogP contribution in [-0.4, -0.2) is 26.0 Å². The van der Waals surface area contributed by atoms with Crippen LogP contribution in [0.2, 0.25) is 0 Å². The van der Waals surface area contributed by atoms with E-state index < -0.39 is 0 Å². The summed E-state index contributed by atoms with van der Waals surface area (Å²) in [5, 5.41) is 3.95. The number of aryl methyl sites for hydroxylation is 4. The number of rotatable bonds is 6. The van der Waals surface area contributed by atoms with E-state index in [2.05, 4.69) is 31.0 Å². The fourth-order valence-corrected chi connectivity index (χ4v) is 2.37. The van der Waals surface area contributed by atoms with Gasteiger partial charge in [0.05, 0.1) is 0 Å². The van der Waals surface area contributed by atoms with Gasteiger partial charge in [0.2, 0.25) is 23.6 Å². The molecule has 8 nitrogen and oxygen atoms in total. The Morgan fingerprint density at radius 1 is 1.04 bits per heavy atom. The van der Waals surface area contributed by atoms with Gasteiger partial charge in [0.15, 0.2) is 0 Å². The van der Waals surface area contributed by atoms with Crippen molar-refractivity contribution in [3.63, 3.8) is 0 Å². The van der Waals surface area contributed by atoms with Crippen molar-refractivity contribution in [2.45, 2.75) is 33.6 Å². The quantitative estimate of drug-likeness (QED) is 0.657. The Balaban J connectivity index is 1.51. The molecular weight excluding hydrogens is 332 g/mol. The zero-order chi connectivity index (χ0) is 18.5. The molecule has 0 aliphatic heterocycles. The number of nitrogens with one attached hydrogen (secondary N) is 2. The second-order valence-corrected chi connectivity index (χ2v) is 6.03. The maximum absolute atomic E-state index is 12.0. The average Bonchev–Trinajstić information content (AvgIpc) is 3.07. The molecule has 134 valence electrons. The molecule has 0 saturated carbocycles. The van der Waals surface area contributed by atoms with Crippen LogP contribution in [0.3, 0.4) is 0 Å². The monoisotopic (exact) mass is 352 g/mol. The van der Waals surface area contributed by atoms with E-state index >= 15 is 0 Å². The highest BCUT2D eigenvalue weighted by Gasteiger charge is 2.11. The number of hydrogen-bond acceptors (Lipinski definition) is 7. The van der Waals surface area contributed by atoms with Crippen LogP contribution < -0.4 is 10.9 Å². The van der Waals surface area contributed by atoms with Gasteiger partial charge in [0.25, 0.3) is 0 Å². The SMILES string of the molecule is Cc1ccc(-c2noc(CCC(=O)NNc3nc(C)cc(C)n3)n2)cc1. The fraction of sp³-hybridized carbons (Fsp3) is 0.278. The molecule has 2 aromatic heterocycles. The summed E-state index contributed by atoms with van der Waals surface area (Å²) in [6.45, 7) is 5.74. The van der Waals surface area contributed by atoms with Gasteiger partial charge in [-0.2, -0.15) is 4.98 Å². The molecule has 2 heterocycles. The molecule has 0 saturated heterocycles. The number of benzene rings is 1. The van der Waals surface area contributed by atoms with E-state index in [-0.39, 0.29) is 12.3 Å². The van der Waals surface area contributed by atoms with Gasteiger partial charge in [-0.05, 0) is 26.8 Å². The third-order valence-corrected chi connectivity index (χ3v) is 3.64. The second-order valence-electron chi connectivity index (χ2n) is 6.03.